The number of ether oxygens (including phenoxy) is 1. The summed E-state index contributed by atoms with van der Waals surface area (Å²) in [4.78, 5) is 12.3. The molecule has 1 N–H and O–H groups in total. The number of nitrogens with zero attached hydrogens (tertiary/aromatic N) is 3. The molecule has 3 rings (SSSR count). The molecule has 1 fully saturated rings. The first-order chi connectivity index (χ1) is 9.75. The molecular formula is C14H18N4O2. The molecule has 1 saturated heterocycles. The molecule has 0 unspecified atom stereocenters. The van der Waals surface area contributed by atoms with Crippen molar-refractivity contribution in [1.29, 1.82) is 0 Å². The molecule has 2 aromatic heterocycles. The van der Waals surface area contributed by atoms with Crippen molar-refractivity contribution in [2.75, 3.05) is 19.8 Å². The molecule has 1 aliphatic heterocycles. The lowest BCUT2D eigenvalue weighted by Crippen LogP contribution is -2.30. The Morgan fingerprint density at radius 3 is 3.00 bits per heavy atom. The number of rotatable bonds is 4. The van der Waals surface area contributed by atoms with Crippen LogP contribution in [0.5, 0.6) is 0 Å². The maximum absolute atomic E-state index is 12.3. The molecule has 6 nitrogen and oxygen atoms in total. The van der Waals surface area contributed by atoms with Crippen LogP contribution in [0.3, 0.4) is 0 Å². The van der Waals surface area contributed by atoms with E-state index in [-0.39, 0.29) is 5.91 Å². The van der Waals surface area contributed by atoms with Crippen molar-refractivity contribution in [3.63, 3.8) is 0 Å². The summed E-state index contributed by atoms with van der Waals surface area (Å²) in [5.41, 5.74) is 0.586. The van der Waals surface area contributed by atoms with Gasteiger partial charge in [0.15, 0.2) is 0 Å². The summed E-state index contributed by atoms with van der Waals surface area (Å²) >= 11 is 0. The van der Waals surface area contributed by atoms with Crippen molar-refractivity contribution in [1.82, 2.24) is 19.7 Å². The molecule has 6 heteroatoms. The Morgan fingerprint density at radius 2 is 2.30 bits per heavy atom. The zero-order valence-electron chi connectivity index (χ0n) is 11.5. The van der Waals surface area contributed by atoms with Crippen LogP contribution in [-0.2, 0) is 11.8 Å². The Morgan fingerprint density at radius 1 is 1.50 bits per heavy atom. The first-order valence-corrected chi connectivity index (χ1v) is 6.77. The van der Waals surface area contributed by atoms with Crippen molar-refractivity contribution >= 4 is 5.91 Å². The van der Waals surface area contributed by atoms with Crippen molar-refractivity contribution in [3.8, 4) is 5.82 Å². The fourth-order valence-corrected chi connectivity index (χ4v) is 2.45. The lowest BCUT2D eigenvalue weighted by atomic mass is 10.1. The van der Waals surface area contributed by atoms with E-state index in [1.165, 1.54) is 0 Å². The van der Waals surface area contributed by atoms with Crippen LogP contribution in [-0.4, -0.2) is 40.0 Å². The van der Waals surface area contributed by atoms with Gasteiger partial charge in [0.05, 0.1) is 12.8 Å². The van der Waals surface area contributed by atoms with Gasteiger partial charge in [0.2, 0.25) is 0 Å². The Labute approximate surface area is 117 Å². The number of aryl methyl sites for hydroxylation is 1. The minimum absolute atomic E-state index is 0.0892. The molecule has 1 aliphatic rings. The predicted molar refractivity (Wildman–Crippen MR) is 73.8 cm³/mol. The fraction of sp³-hybridized carbons (Fsp3) is 0.429. The average Bonchev–Trinajstić information content (AvgIpc) is 3.17. The lowest BCUT2D eigenvalue weighted by molar-refractivity contribution is 0.0945. The predicted octanol–water partition coefficient (Wildman–Crippen LogP) is 0.977. The lowest BCUT2D eigenvalue weighted by Gasteiger charge is -2.10. The van der Waals surface area contributed by atoms with E-state index in [4.69, 9.17) is 4.74 Å². The normalized spacial score (nSPS) is 18.4. The first-order valence-electron chi connectivity index (χ1n) is 6.77. The second-order valence-electron chi connectivity index (χ2n) is 5.04. The highest BCUT2D eigenvalue weighted by atomic mass is 16.5. The third-order valence-electron chi connectivity index (χ3n) is 3.58. The Hall–Kier alpha value is -2.08. The van der Waals surface area contributed by atoms with Crippen LogP contribution in [0.4, 0.5) is 0 Å². The van der Waals surface area contributed by atoms with Gasteiger partial charge in [0.25, 0.3) is 5.91 Å². The number of carbonyl (C=O) groups is 1. The van der Waals surface area contributed by atoms with Crippen LogP contribution in [0, 0.1) is 5.92 Å². The van der Waals surface area contributed by atoms with Gasteiger partial charge < -0.3 is 14.6 Å². The number of nitrogens with one attached hydrogen (secondary N) is 1. The van der Waals surface area contributed by atoms with E-state index in [1.54, 1.807) is 10.9 Å². The topological polar surface area (TPSA) is 61.1 Å². The van der Waals surface area contributed by atoms with Gasteiger partial charge >= 0.3 is 0 Å². The summed E-state index contributed by atoms with van der Waals surface area (Å²) < 4.78 is 8.90. The maximum Gasteiger partial charge on any atom is 0.256 e. The Balaban J connectivity index is 1.74. The Bertz CT molecular complexity index is 582. The third-order valence-corrected chi connectivity index (χ3v) is 3.58. The minimum Gasteiger partial charge on any atom is -0.381 e. The third kappa shape index (κ3) is 2.46. The molecule has 106 valence electrons. The van der Waals surface area contributed by atoms with Gasteiger partial charge in [-0.15, -0.1) is 0 Å². The number of amides is 1. The largest absolute Gasteiger partial charge is 0.381 e. The molecule has 20 heavy (non-hydrogen) atoms. The van der Waals surface area contributed by atoms with Crippen LogP contribution in [0.25, 0.3) is 5.82 Å². The smallest absolute Gasteiger partial charge is 0.256 e. The highest BCUT2D eigenvalue weighted by molar-refractivity contribution is 5.97. The van der Waals surface area contributed by atoms with E-state index in [2.05, 4.69) is 10.4 Å². The standard InChI is InChI=1S/C14H18N4O2/c1-17-14(18-5-2-3-6-18)12(9-16-17)13(19)15-8-11-4-7-20-10-11/h2-3,5-6,9,11H,4,7-8,10H2,1H3,(H,15,19)/t11-/m0/s1. The van der Waals surface area contributed by atoms with Crippen molar-refractivity contribution in [2.24, 2.45) is 13.0 Å². The summed E-state index contributed by atoms with van der Waals surface area (Å²) in [5.74, 6) is 1.11. The quantitative estimate of drug-likeness (QED) is 0.904. The first kappa shape index (κ1) is 12.9. The summed E-state index contributed by atoms with van der Waals surface area (Å²) in [6, 6.07) is 3.84. The van der Waals surface area contributed by atoms with Crippen LogP contribution in [0.2, 0.25) is 0 Å². The SMILES string of the molecule is Cn1ncc(C(=O)NC[C@@H]2CCOC2)c1-n1cccc1. The van der Waals surface area contributed by atoms with Crippen molar-refractivity contribution < 1.29 is 9.53 Å². The second kappa shape index (κ2) is 5.50. The van der Waals surface area contributed by atoms with Gasteiger partial charge in [0.1, 0.15) is 11.4 Å². The molecule has 0 aliphatic carbocycles. The average molecular weight is 274 g/mol. The molecule has 3 heterocycles. The van der Waals surface area contributed by atoms with Gasteiger partial charge in [0, 0.05) is 38.5 Å². The monoisotopic (exact) mass is 274 g/mol. The van der Waals surface area contributed by atoms with E-state index in [9.17, 15) is 4.79 Å². The van der Waals surface area contributed by atoms with E-state index < -0.39 is 0 Å². The number of hydrogen-bond acceptors (Lipinski definition) is 3. The Kier molecular flexibility index (Phi) is 3.56. The summed E-state index contributed by atoms with van der Waals surface area (Å²) in [7, 11) is 1.83. The molecule has 0 aromatic carbocycles. The van der Waals surface area contributed by atoms with E-state index >= 15 is 0 Å². The molecule has 2 aromatic rings. The van der Waals surface area contributed by atoms with Crippen LogP contribution in [0.1, 0.15) is 16.8 Å². The number of hydrogen-bond donors (Lipinski definition) is 1. The minimum atomic E-state index is -0.0892. The van der Waals surface area contributed by atoms with Gasteiger partial charge in [-0.05, 0) is 18.6 Å². The van der Waals surface area contributed by atoms with Gasteiger partial charge in [-0.25, -0.2) is 0 Å². The molecule has 0 saturated carbocycles. The fourth-order valence-electron chi connectivity index (χ4n) is 2.45. The van der Waals surface area contributed by atoms with E-state index in [0.717, 1.165) is 25.5 Å². The van der Waals surface area contributed by atoms with Crippen LogP contribution in [0.15, 0.2) is 30.7 Å². The summed E-state index contributed by atoms with van der Waals surface area (Å²) in [5, 5.41) is 7.15. The highest BCUT2D eigenvalue weighted by Crippen LogP contribution is 2.15. The van der Waals surface area contributed by atoms with Gasteiger partial charge in [-0.3, -0.25) is 9.48 Å². The van der Waals surface area contributed by atoms with E-state index in [1.807, 2.05) is 36.1 Å². The molecule has 0 radical (unpaired) electrons. The zero-order chi connectivity index (χ0) is 13.9. The molecule has 1 amide bonds. The van der Waals surface area contributed by atoms with E-state index in [0.29, 0.717) is 18.0 Å². The summed E-state index contributed by atoms with van der Waals surface area (Å²) in [6.07, 6.45) is 6.42. The maximum atomic E-state index is 12.3. The molecule has 0 spiro atoms. The van der Waals surface area contributed by atoms with Gasteiger partial charge in [-0.1, -0.05) is 0 Å². The zero-order valence-corrected chi connectivity index (χ0v) is 11.5. The van der Waals surface area contributed by atoms with Crippen LogP contribution < -0.4 is 5.32 Å². The van der Waals surface area contributed by atoms with Crippen LogP contribution >= 0.6 is 0 Å². The highest BCUT2D eigenvalue weighted by Gasteiger charge is 2.20. The molecular weight excluding hydrogens is 256 g/mol. The number of aromatic nitrogens is 3. The van der Waals surface area contributed by atoms with Gasteiger partial charge in [-0.2, -0.15) is 5.10 Å². The number of carbonyl (C=O) groups excluding carboxylic acids is 1. The van der Waals surface area contributed by atoms with Crippen molar-refractivity contribution in [3.05, 3.63) is 36.3 Å². The summed E-state index contributed by atoms with van der Waals surface area (Å²) in [6.45, 7) is 2.18. The molecule has 0 bridgehead atoms. The molecule has 1 atom stereocenters. The second-order valence-corrected chi connectivity index (χ2v) is 5.04. The van der Waals surface area contributed by atoms with Crippen molar-refractivity contribution in [2.45, 2.75) is 6.42 Å².